The van der Waals surface area contributed by atoms with Crippen LogP contribution in [0.15, 0.2) is 36.9 Å². The van der Waals surface area contributed by atoms with Gasteiger partial charge in [0.2, 0.25) is 0 Å². The largest absolute Gasteiger partial charge is 0.493 e. The van der Waals surface area contributed by atoms with Gasteiger partial charge >= 0.3 is 0 Å². The quantitative estimate of drug-likeness (QED) is 0.349. The molecule has 0 aliphatic carbocycles. The van der Waals surface area contributed by atoms with E-state index < -0.39 is 0 Å². The molecule has 5 rings (SSSR count). The summed E-state index contributed by atoms with van der Waals surface area (Å²) >= 11 is 0. The lowest BCUT2D eigenvalue weighted by atomic mass is 9.96. The molecule has 0 spiro atoms. The highest BCUT2D eigenvalue weighted by atomic mass is 16.5. The van der Waals surface area contributed by atoms with Crippen molar-refractivity contribution in [3.05, 3.63) is 42.5 Å². The van der Waals surface area contributed by atoms with Gasteiger partial charge in [0.05, 0.1) is 30.4 Å². The average Bonchev–Trinajstić information content (AvgIpc) is 3.59. The van der Waals surface area contributed by atoms with Crippen LogP contribution >= 0.6 is 0 Å². The molecule has 0 atom stereocenters. The molecule has 4 aromatic heterocycles. The summed E-state index contributed by atoms with van der Waals surface area (Å²) < 4.78 is 7.30. The van der Waals surface area contributed by atoms with Gasteiger partial charge in [-0.25, -0.2) is 9.50 Å². The first kappa shape index (κ1) is 25.2. The Morgan fingerprint density at radius 1 is 1.05 bits per heavy atom. The van der Waals surface area contributed by atoms with E-state index in [0.29, 0.717) is 11.4 Å². The number of piperazine rings is 1. The molecule has 1 aliphatic heterocycles. The van der Waals surface area contributed by atoms with Crippen LogP contribution in [-0.2, 0) is 0 Å². The van der Waals surface area contributed by atoms with Gasteiger partial charge in [-0.1, -0.05) is 40.5 Å². The molecular weight excluding hydrogens is 464 g/mol. The van der Waals surface area contributed by atoms with Gasteiger partial charge in [-0.15, -0.1) is 0 Å². The van der Waals surface area contributed by atoms with E-state index in [0.717, 1.165) is 60.3 Å². The Hall–Kier alpha value is -3.46. The molecule has 196 valence electrons. The van der Waals surface area contributed by atoms with Crippen molar-refractivity contribution < 1.29 is 4.74 Å². The summed E-state index contributed by atoms with van der Waals surface area (Å²) in [5.41, 5.74) is 6.62. The van der Waals surface area contributed by atoms with E-state index in [1.807, 2.05) is 18.5 Å². The van der Waals surface area contributed by atoms with Crippen LogP contribution in [0.25, 0.3) is 28.3 Å². The van der Waals surface area contributed by atoms with E-state index in [2.05, 4.69) is 64.8 Å². The number of H-pyrrole nitrogens is 1. The summed E-state index contributed by atoms with van der Waals surface area (Å²) in [7, 11) is 1.65. The second-order valence-corrected chi connectivity index (χ2v) is 10.2. The first-order valence-electron chi connectivity index (χ1n) is 13.4. The van der Waals surface area contributed by atoms with Crippen LogP contribution in [0.5, 0.6) is 5.75 Å². The number of fused-ring (bicyclic) bond motifs is 1. The number of hydrogen-bond acceptors (Lipinski definition) is 7. The Labute approximate surface area is 218 Å². The molecule has 37 heavy (non-hydrogen) atoms. The number of anilines is 1. The van der Waals surface area contributed by atoms with E-state index in [1.165, 1.54) is 31.4 Å². The van der Waals surface area contributed by atoms with E-state index in [1.54, 1.807) is 11.6 Å². The van der Waals surface area contributed by atoms with Crippen molar-refractivity contribution in [3.8, 4) is 28.4 Å². The Bertz CT molecular complexity index is 1310. The normalized spacial score (nSPS) is 14.8. The molecule has 5 heterocycles. The maximum atomic E-state index is 5.57. The summed E-state index contributed by atoms with van der Waals surface area (Å²) in [5.74, 6) is 1.72. The monoisotopic (exact) mass is 502 g/mol. The van der Waals surface area contributed by atoms with Crippen molar-refractivity contribution >= 4 is 11.3 Å². The van der Waals surface area contributed by atoms with Crippen LogP contribution < -0.4 is 9.64 Å². The van der Waals surface area contributed by atoms with Gasteiger partial charge in [-0.2, -0.15) is 10.2 Å². The van der Waals surface area contributed by atoms with E-state index >= 15 is 0 Å². The van der Waals surface area contributed by atoms with E-state index in [9.17, 15) is 0 Å². The summed E-state index contributed by atoms with van der Waals surface area (Å²) in [6.07, 6.45) is 8.00. The lowest BCUT2D eigenvalue weighted by molar-refractivity contribution is 0.212. The minimum atomic E-state index is 0.241. The number of nitrogens with zero attached hydrogens (tertiary/aromatic N) is 7. The highest BCUT2D eigenvalue weighted by molar-refractivity contribution is 5.75. The first-order chi connectivity index (χ1) is 18.0. The van der Waals surface area contributed by atoms with Crippen molar-refractivity contribution in [2.75, 3.05) is 44.7 Å². The highest BCUT2D eigenvalue weighted by Gasteiger charge is 2.23. The van der Waals surface area contributed by atoms with Gasteiger partial charge in [-0.05, 0) is 30.0 Å². The zero-order valence-electron chi connectivity index (χ0n) is 22.6. The molecule has 0 aromatic carbocycles. The van der Waals surface area contributed by atoms with E-state index in [4.69, 9.17) is 14.8 Å². The molecule has 1 saturated heterocycles. The maximum absolute atomic E-state index is 5.57. The molecular formula is C28H38N8O. The number of aromatic nitrogens is 6. The topological polar surface area (TPSA) is 87.5 Å². The molecule has 0 amide bonds. The van der Waals surface area contributed by atoms with Crippen LogP contribution in [0, 0.1) is 5.92 Å². The summed E-state index contributed by atoms with van der Waals surface area (Å²) in [6.45, 7) is 14.5. The second-order valence-electron chi connectivity index (χ2n) is 10.2. The van der Waals surface area contributed by atoms with Gasteiger partial charge in [0.15, 0.2) is 11.4 Å². The zero-order chi connectivity index (χ0) is 25.9. The minimum Gasteiger partial charge on any atom is -0.493 e. The molecule has 0 saturated carbocycles. The maximum Gasteiger partial charge on any atom is 0.197 e. The molecule has 0 bridgehead atoms. The van der Waals surface area contributed by atoms with Crippen molar-refractivity contribution in [1.29, 1.82) is 0 Å². The van der Waals surface area contributed by atoms with Crippen molar-refractivity contribution in [2.45, 2.75) is 46.5 Å². The SMILES string of the molecule is CCC(CC)CN1CCN(c2ccc(-c3n[nH]c(-c4cc(OC)c5ncnn5c4)c3C(C)C)nc2)CC1. The third kappa shape index (κ3) is 5.05. The lowest BCUT2D eigenvalue weighted by Gasteiger charge is -2.37. The van der Waals surface area contributed by atoms with Gasteiger partial charge in [0.1, 0.15) is 12.0 Å². The number of hydrogen-bond donors (Lipinski definition) is 1. The van der Waals surface area contributed by atoms with Crippen LogP contribution in [0.1, 0.15) is 52.0 Å². The third-order valence-electron chi connectivity index (χ3n) is 7.63. The number of nitrogens with one attached hydrogen (secondary N) is 1. The number of aromatic amines is 1. The lowest BCUT2D eigenvalue weighted by Crippen LogP contribution is -2.47. The van der Waals surface area contributed by atoms with Gasteiger partial charge in [-0.3, -0.25) is 15.0 Å². The van der Waals surface area contributed by atoms with Crippen LogP contribution in [0.3, 0.4) is 0 Å². The van der Waals surface area contributed by atoms with Crippen LogP contribution in [0.4, 0.5) is 5.69 Å². The summed E-state index contributed by atoms with van der Waals surface area (Å²) in [5, 5.41) is 12.3. The number of pyridine rings is 2. The molecule has 9 nitrogen and oxygen atoms in total. The molecule has 1 N–H and O–H groups in total. The molecule has 1 aliphatic rings. The van der Waals surface area contributed by atoms with Gasteiger partial charge < -0.3 is 9.64 Å². The fraction of sp³-hybridized carbons (Fsp3) is 0.500. The Kier molecular flexibility index (Phi) is 7.41. The predicted molar refractivity (Wildman–Crippen MR) is 147 cm³/mol. The number of ether oxygens (including phenoxy) is 1. The second kappa shape index (κ2) is 10.9. The van der Waals surface area contributed by atoms with Gasteiger partial charge in [0.25, 0.3) is 0 Å². The standard InChI is InChI=1S/C28H38N8O/c1-6-20(7-2)16-34-10-12-35(13-11-34)22-8-9-23(29-15-22)27-25(19(3)4)26(32-33-27)21-14-24(37-5)28-30-18-31-36(28)17-21/h8-9,14-15,17-20H,6-7,10-13,16H2,1-5H3,(H,32,33). The Morgan fingerprint density at radius 3 is 2.49 bits per heavy atom. The zero-order valence-corrected chi connectivity index (χ0v) is 22.6. The molecule has 0 unspecified atom stereocenters. The van der Waals surface area contributed by atoms with Crippen molar-refractivity contribution in [3.63, 3.8) is 0 Å². The van der Waals surface area contributed by atoms with Crippen LogP contribution in [0.2, 0.25) is 0 Å². The van der Waals surface area contributed by atoms with E-state index in [-0.39, 0.29) is 5.92 Å². The molecule has 1 fully saturated rings. The smallest absolute Gasteiger partial charge is 0.197 e. The Morgan fingerprint density at radius 2 is 1.84 bits per heavy atom. The molecule has 0 radical (unpaired) electrons. The first-order valence-corrected chi connectivity index (χ1v) is 13.4. The Balaban J connectivity index is 1.36. The fourth-order valence-electron chi connectivity index (χ4n) is 5.32. The summed E-state index contributed by atoms with van der Waals surface area (Å²) in [6, 6.07) is 6.26. The number of rotatable bonds is 9. The van der Waals surface area contributed by atoms with Gasteiger partial charge in [0, 0.05) is 50.0 Å². The third-order valence-corrected chi connectivity index (χ3v) is 7.63. The fourth-order valence-corrected chi connectivity index (χ4v) is 5.32. The van der Waals surface area contributed by atoms with Crippen molar-refractivity contribution in [2.24, 2.45) is 5.92 Å². The minimum absolute atomic E-state index is 0.241. The molecule has 9 heteroatoms. The highest BCUT2D eigenvalue weighted by Crippen LogP contribution is 2.36. The molecule has 4 aromatic rings. The van der Waals surface area contributed by atoms with Crippen LogP contribution in [-0.4, -0.2) is 74.5 Å². The van der Waals surface area contributed by atoms with Crippen molar-refractivity contribution in [1.82, 2.24) is 34.7 Å². The number of methoxy groups -OCH3 is 1. The average molecular weight is 503 g/mol. The predicted octanol–water partition coefficient (Wildman–Crippen LogP) is 4.87. The summed E-state index contributed by atoms with van der Waals surface area (Å²) in [4.78, 5) is 14.2.